The van der Waals surface area contributed by atoms with Crippen molar-refractivity contribution in [3.05, 3.63) is 176 Å². The van der Waals surface area contributed by atoms with Crippen LogP contribution in [0.1, 0.15) is 0 Å². The minimum Gasteiger partial charge on any atom is -0.246 e. The van der Waals surface area contributed by atoms with Gasteiger partial charge in [-0.3, -0.25) is 0 Å². The molecule has 0 radical (unpaired) electrons. The lowest BCUT2D eigenvalue weighted by atomic mass is 9.96. The molecule has 0 aliphatic carbocycles. The van der Waals surface area contributed by atoms with Crippen LogP contribution in [-0.4, -0.2) is 15.0 Å². The van der Waals surface area contributed by atoms with E-state index in [1.807, 2.05) is 35.6 Å². The normalized spacial score (nSPS) is 11.5. The van der Waals surface area contributed by atoms with Gasteiger partial charge in [0.15, 0.2) is 5.82 Å². The van der Waals surface area contributed by atoms with E-state index in [1.54, 1.807) is 0 Å². The Morgan fingerprint density at radius 3 is 1.80 bits per heavy atom. The first kappa shape index (κ1) is 29.4. The number of fused-ring (bicyclic) bond motifs is 6. The van der Waals surface area contributed by atoms with Crippen LogP contribution in [0.2, 0.25) is 0 Å². The number of hydrogen-bond donors (Lipinski definition) is 0. The largest absolute Gasteiger partial charge is 0.246 e. The minimum absolute atomic E-state index is 0.685. The summed E-state index contributed by atoms with van der Waals surface area (Å²) in [7, 11) is 0. The number of thiophene rings is 1. The molecule has 238 valence electrons. The fourth-order valence-electron chi connectivity index (χ4n) is 7.23. The summed E-state index contributed by atoms with van der Waals surface area (Å²) in [5.74, 6) is 0.685. The third-order valence-corrected chi connectivity index (χ3v) is 10.9. The summed E-state index contributed by atoms with van der Waals surface area (Å²) in [5, 5.41) is 5.94. The molecule has 0 amide bonds. The number of para-hydroxylation sites is 1. The predicted octanol–water partition coefficient (Wildman–Crippen LogP) is 12.9. The van der Waals surface area contributed by atoms with Crippen molar-refractivity contribution in [2.45, 2.75) is 0 Å². The molecule has 0 bridgehead atoms. The molecular weight excluding hydrogens is 639 g/mol. The Hall–Kier alpha value is -6.49. The molecule has 51 heavy (non-hydrogen) atoms. The Bertz CT molecular complexity index is 2890. The average molecular weight is 668 g/mol. The van der Waals surface area contributed by atoms with Gasteiger partial charge >= 0.3 is 0 Å². The van der Waals surface area contributed by atoms with Crippen LogP contribution in [0.5, 0.6) is 0 Å². The monoisotopic (exact) mass is 667 g/mol. The van der Waals surface area contributed by atoms with Crippen LogP contribution in [0.25, 0.3) is 98.1 Å². The van der Waals surface area contributed by atoms with E-state index in [2.05, 4.69) is 152 Å². The summed E-state index contributed by atoms with van der Waals surface area (Å²) in [6, 6.07) is 61.8. The van der Waals surface area contributed by atoms with Crippen LogP contribution < -0.4 is 0 Å². The topological polar surface area (TPSA) is 38.7 Å². The highest BCUT2D eigenvalue weighted by atomic mass is 32.1. The number of aromatic nitrogens is 3. The first-order chi connectivity index (χ1) is 25.3. The lowest BCUT2D eigenvalue weighted by Crippen LogP contribution is -1.97. The minimum atomic E-state index is 0.685. The Kier molecular flexibility index (Phi) is 7.00. The van der Waals surface area contributed by atoms with Gasteiger partial charge in [-0.2, -0.15) is 0 Å². The standard InChI is InChI=1S/C47H29N3S/c1-3-13-30(14-4-1)31-25-27-33(28-26-31)40-29-41(49-47(48-40)34-16-5-2-6-17-34)37-22-12-23-39-44(37)50-45(36-21-11-18-32-15-7-8-19-35(32)36)43-38-20-9-10-24-42(38)51-46(39)43/h1-29H. The van der Waals surface area contributed by atoms with Gasteiger partial charge in [0, 0.05) is 47.8 Å². The molecule has 3 nitrogen and oxygen atoms in total. The zero-order chi connectivity index (χ0) is 33.7. The predicted molar refractivity (Wildman–Crippen MR) is 215 cm³/mol. The van der Waals surface area contributed by atoms with E-state index in [9.17, 15) is 0 Å². The first-order valence-corrected chi connectivity index (χ1v) is 17.9. The molecular formula is C47H29N3S. The summed E-state index contributed by atoms with van der Waals surface area (Å²) >= 11 is 1.84. The molecule has 10 rings (SSSR count). The Labute approximate surface area is 299 Å². The van der Waals surface area contributed by atoms with Crippen molar-refractivity contribution in [2.75, 3.05) is 0 Å². The quantitative estimate of drug-likeness (QED) is 0.183. The van der Waals surface area contributed by atoms with Crippen LogP contribution in [0.3, 0.4) is 0 Å². The molecule has 0 fully saturated rings. The van der Waals surface area contributed by atoms with Gasteiger partial charge in [0.05, 0.1) is 22.6 Å². The van der Waals surface area contributed by atoms with Gasteiger partial charge in [-0.1, -0.05) is 164 Å². The van der Waals surface area contributed by atoms with Gasteiger partial charge in [0.1, 0.15) is 0 Å². The van der Waals surface area contributed by atoms with Gasteiger partial charge in [-0.25, -0.2) is 15.0 Å². The number of pyridine rings is 1. The molecule has 0 aliphatic heterocycles. The second-order valence-electron chi connectivity index (χ2n) is 12.8. The molecule has 0 unspecified atom stereocenters. The number of nitrogens with zero attached hydrogens (tertiary/aromatic N) is 3. The highest BCUT2D eigenvalue weighted by Gasteiger charge is 2.21. The summed E-state index contributed by atoms with van der Waals surface area (Å²) in [5.41, 5.74) is 10.1. The van der Waals surface area contributed by atoms with Gasteiger partial charge < -0.3 is 0 Å². The summed E-state index contributed by atoms with van der Waals surface area (Å²) in [6.07, 6.45) is 0. The smallest absolute Gasteiger partial charge is 0.160 e. The molecule has 3 heterocycles. The van der Waals surface area contributed by atoms with Crippen LogP contribution >= 0.6 is 11.3 Å². The fraction of sp³-hybridized carbons (Fsp3) is 0. The molecule has 0 saturated heterocycles. The van der Waals surface area contributed by atoms with Gasteiger partial charge in [0.25, 0.3) is 0 Å². The van der Waals surface area contributed by atoms with E-state index in [-0.39, 0.29) is 0 Å². The van der Waals surface area contributed by atoms with E-state index >= 15 is 0 Å². The SMILES string of the molecule is c1ccc(-c2ccc(-c3cc(-c4cccc5c4nc(-c4cccc6ccccc46)c4c6ccccc6sc54)nc(-c4ccccc4)n3)cc2)cc1. The Balaban J connectivity index is 1.24. The van der Waals surface area contributed by atoms with Gasteiger partial charge in [-0.05, 0) is 34.0 Å². The summed E-state index contributed by atoms with van der Waals surface area (Å²) in [6.45, 7) is 0. The van der Waals surface area contributed by atoms with Crippen LogP contribution in [0.15, 0.2) is 176 Å². The highest BCUT2D eigenvalue weighted by Crippen LogP contribution is 2.45. The van der Waals surface area contributed by atoms with Crippen molar-refractivity contribution in [1.82, 2.24) is 15.0 Å². The molecule has 0 N–H and O–H groups in total. The molecule has 7 aromatic carbocycles. The lowest BCUT2D eigenvalue weighted by molar-refractivity contribution is 1.18. The third kappa shape index (κ3) is 5.08. The van der Waals surface area contributed by atoms with Crippen LogP contribution in [0.4, 0.5) is 0 Å². The maximum Gasteiger partial charge on any atom is 0.160 e. The van der Waals surface area contributed by atoms with E-state index in [0.29, 0.717) is 5.82 Å². The molecule has 0 atom stereocenters. The van der Waals surface area contributed by atoms with Crippen molar-refractivity contribution < 1.29 is 0 Å². The number of benzene rings is 7. The van der Waals surface area contributed by atoms with E-state index in [1.165, 1.54) is 42.1 Å². The van der Waals surface area contributed by atoms with Crippen molar-refractivity contribution >= 4 is 53.2 Å². The van der Waals surface area contributed by atoms with Crippen molar-refractivity contribution in [1.29, 1.82) is 0 Å². The van der Waals surface area contributed by atoms with Gasteiger partial charge in [-0.15, -0.1) is 11.3 Å². The second kappa shape index (κ2) is 12.1. The van der Waals surface area contributed by atoms with Crippen LogP contribution in [-0.2, 0) is 0 Å². The first-order valence-electron chi connectivity index (χ1n) is 17.1. The third-order valence-electron chi connectivity index (χ3n) is 9.70. The van der Waals surface area contributed by atoms with E-state index < -0.39 is 0 Å². The van der Waals surface area contributed by atoms with Crippen molar-refractivity contribution in [3.8, 4) is 56.3 Å². The molecule has 0 aliphatic rings. The van der Waals surface area contributed by atoms with Crippen molar-refractivity contribution in [2.24, 2.45) is 0 Å². The highest BCUT2D eigenvalue weighted by molar-refractivity contribution is 7.26. The fourth-order valence-corrected chi connectivity index (χ4v) is 8.46. The van der Waals surface area contributed by atoms with Crippen LogP contribution in [0, 0.1) is 0 Å². The Morgan fingerprint density at radius 1 is 0.392 bits per heavy atom. The van der Waals surface area contributed by atoms with Crippen molar-refractivity contribution in [3.63, 3.8) is 0 Å². The molecule has 4 heteroatoms. The summed E-state index contributed by atoms with van der Waals surface area (Å²) < 4.78 is 2.49. The molecule has 3 aromatic heterocycles. The van der Waals surface area contributed by atoms with E-state index in [0.717, 1.165) is 50.2 Å². The number of hydrogen-bond acceptors (Lipinski definition) is 4. The average Bonchev–Trinajstić information content (AvgIpc) is 3.61. The van der Waals surface area contributed by atoms with E-state index in [4.69, 9.17) is 15.0 Å². The maximum absolute atomic E-state index is 5.62. The molecule has 10 aromatic rings. The Morgan fingerprint density at radius 2 is 0.980 bits per heavy atom. The zero-order valence-corrected chi connectivity index (χ0v) is 28.3. The lowest BCUT2D eigenvalue weighted by Gasteiger charge is -2.14. The molecule has 0 spiro atoms. The zero-order valence-electron chi connectivity index (χ0n) is 27.5. The maximum atomic E-state index is 5.62. The second-order valence-corrected chi connectivity index (χ2v) is 13.8. The summed E-state index contributed by atoms with van der Waals surface area (Å²) in [4.78, 5) is 16.0. The number of rotatable bonds is 5. The molecule has 0 saturated carbocycles. The van der Waals surface area contributed by atoms with Gasteiger partial charge in [0.2, 0.25) is 0 Å².